The van der Waals surface area contributed by atoms with Crippen molar-refractivity contribution in [1.82, 2.24) is 4.90 Å². The monoisotopic (exact) mass is 191 g/mol. The number of hydrogen-bond donors (Lipinski definition) is 0. The van der Waals surface area contributed by atoms with Gasteiger partial charge in [0.05, 0.1) is 25.0 Å². The third-order valence-corrected chi connectivity index (χ3v) is 1.61. The SMILES string of the molecule is CC=CC(=O)N(CCC#N)CCC#N. The minimum absolute atomic E-state index is 0.141. The summed E-state index contributed by atoms with van der Waals surface area (Å²) in [7, 11) is 0. The molecule has 0 unspecified atom stereocenters. The van der Waals surface area contributed by atoms with Gasteiger partial charge in [0, 0.05) is 13.1 Å². The van der Waals surface area contributed by atoms with Gasteiger partial charge >= 0.3 is 0 Å². The summed E-state index contributed by atoms with van der Waals surface area (Å²) in [4.78, 5) is 12.9. The zero-order chi connectivity index (χ0) is 10.8. The lowest BCUT2D eigenvalue weighted by molar-refractivity contribution is -0.125. The molecule has 0 aliphatic rings. The number of carbonyl (C=O) groups excluding carboxylic acids is 1. The topological polar surface area (TPSA) is 67.9 Å². The summed E-state index contributed by atoms with van der Waals surface area (Å²) in [6, 6.07) is 3.94. The van der Waals surface area contributed by atoms with Crippen LogP contribution in [-0.2, 0) is 4.79 Å². The largest absolute Gasteiger partial charge is 0.337 e. The predicted molar refractivity (Wildman–Crippen MR) is 51.9 cm³/mol. The van der Waals surface area contributed by atoms with Gasteiger partial charge in [-0.15, -0.1) is 0 Å². The molecule has 0 saturated heterocycles. The van der Waals surface area contributed by atoms with Crippen LogP contribution in [0.25, 0.3) is 0 Å². The molecule has 0 atom stereocenters. The molecule has 0 aliphatic heterocycles. The highest BCUT2D eigenvalue weighted by Gasteiger charge is 2.08. The molecular weight excluding hydrogens is 178 g/mol. The highest BCUT2D eigenvalue weighted by Crippen LogP contribution is 1.96. The lowest BCUT2D eigenvalue weighted by atomic mass is 10.3. The Kier molecular flexibility index (Phi) is 6.81. The minimum Gasteiger partial charge on any atom is -0.337 e. The number of amides is 1. The number of hydrogen-bond acceptors (Lipinski definition) is 3. The van der Waals surface area contributed by atoms with Crippen LogP contribution in [0.15, 0.2) is 12.2 Å². The van der Waals surface area contributed by atoms with Gasteiger partial charge in [0.1, 0.15) is 0 Å². The summed E-state index contributed by atoms with van der Waals surface area (Å²) in [5.41, 5.74) is 0. The first-order valence-corrected chi connectivity index (χ1v) is 4.41. The van der Waals surface area contributed by atoms with Crippen LogP contribution in [0.2, 0.25) is 0 Å². The Labute approximate surface area is 84.0 Å². The average Bonchev–Trinajstić information content (AvgIpc) is 2.18. The molecule has 0 radical (unpaired) electrons. The number of nitriles is 2. The summed E-state index contributed by atoms with van der Waals surface area (Å²) in [6.45, 7) is 2.54. The summed E-state index contributed by atoms with van der Waals surface area (Å²) in [6.07, 6.45) is 3.69. The number of nitrogens with zero attached hydrogens (tertiary/aromatic N) is 3. The zero-order valence-corrected chi connectivity index (χ0v) is 8.23. The van der Waals surface area contributed by atoms with Gasteiger partial charge < -0.3 is 4.90 Å². The van der Waals surface area contributed by atoms with Gasteiger partial charge in [-0.1, -0.05) is 6.08 Å². The van der Waals surface area contributed by atoms with E-state index in [1.54, 1.807) is 13.0 Å². The second-order valence-corrected chi connectivity index (χ2v) is 2.64. The first kappa shape index (κ1) is 12.2. The summed E-state index contributed by atoms with van der Waals surface area (Å²) in [5, 5.41) is 16.8. The molecule has 0 N–H and O–H groups in total. The van der Waals surface area contributed by atoms with Crippen molar-refractivity contribution in [2.24, 2.45) is 0 Å². The van der Waals surface area contributed by atoms with Crippen molar-refractivity contribution in [3.63, 3.8) is 0 Å². The number of carbonyl (C=O) groups is 1. The quantitative estimate of drug-likeness (QED) is 0.613. The fourth-order valence-electron chi connectivity index (χ4n) is 0.950. The Morgan fingerprint density at radius 2 is 1.79 bits per heavy atom. The van der Waals surface area contributed by atoms with E-state index < -0.39 is 0 Å². The Morgan fingerprint density at radius 1 is 1.29 bits per heavy atom. The highest BCUT2D eigenvalue weighted by molar-refractivity contribution is 5.87. The Hall–Kier alpha value is -1.81. The first-order chi connectivity index (χ1) is 6.76. The molecule has 0 spiro atoms. The predicted octanol–water partition coefficient (Wildman–Crippen LogP) is 1.22. The van der Waals surface area contributed by atoms with Crippen LogP contribution < -0.4 is 0 Å². The van der Waals surface area contributed by atoms with Crippen molar-refractivity contribution in [3.8, 4) is 12.1 Å². The average molecular weight is 191 g/mol. The summed E-state index contributed by atoms with van der Waals surface area (Å²) < 4.78 is 0. The molecule has 0 saturated carbocycles. The molecule has 74 valence electrons. The van der Waals surface area contributed by atoms with Crippen molar-refractivity contribution in [2.45, 2.75) is 19.8 Å². The highest BCUT2D eigenvalue weighted by atomic mass is 16.2. The lowest BCUT2D eigenvalue weighted by Crippen LogP contribution is -2.31. The number of allylic oxidation sites excluding steroid dienone is 1. The maximum Gasteiger partial charge on any atom is 0.246 e. The van der Waals surface area contributed by atoms with E-state index in [0.29, 0.717) is 25.9 Å². The molecule has 0 fully saturated rings. The van der Waals surface area contributed by atoms with Crippen LogP contribution in [0.4, 0.5) is 0 Å². The third-order valence-electron chi connectivity index (χ3n) is 1.61. The minimum atomic E-state index is -0.141. The Balaban J connectivity index is 4.17. The van der Waals surface area contributed by atoms with Crippen molar-refractivity contribution in [2.75, 3.05) is 13.1 Å². The fraction of sp³-hybridized carbons (Fsp3) is 0.500. The van der Waals surface area contributed by atoms with E-state index in [2.05, 4.69) is 0 Å². The Bertz CT molecular complexity index is 265. The second kappa shape index (κ2) is 7.82. The molecule has 4 heteroatoms. The number of rotatable bonds is 5. The van der Waals surface area contributed by atoms with Crippen molar-refractivity contribution in [1.29, 1.82) is 10.5 Å². The van der Waals surface area contributed by atoms with Crippen molar-refractivity contribution < 1.29 is 4.79 Å². The molecule has 0 aliphatic carbocycles. The Morgan fingerprint density at radius 3 is 2.14 bits per heavy atom. The van der Waals surface area contributed by atoms with Crippen LogP contribution >= 0.6 is 0 Å². The lowest BCUT2D eigenvalue weighted by Gasteiger charge is -2.17. The maximum atomic E-state index is 11.4. The first-order valence-electron chi connectivity index (χ1n) is 4.41. The standard InChI is InChI=1S/C10H13N3O/c1-2-5-10(14)13(8-3-6-11)9-4-7-12/h2,5H,3-4,8-9H2,1H3. The van der Waals surface area contributed by atoms with E-state index in [9.17, 15) is 4.79 Å². The van der Waals surface area contributed by atoms with Gasteiger partial charge in [0.2, 0.25) is 5.91 Å². The van der Waals surface area contributed by atoms with Crippen molar-refractivity contribution in [3.05, 3.63) is 12.2 Å². The summed E-state index contributed by atoms with van der Waals surface area (Å²) in [5.74, 6) is -0.141. The molecular formula is C10H13N3O. The molecule has 0 heterocycles. The second-order valence-electron chi connectivity index (χ2n) is 2.64. The van der Waals surface area contributed by atoms with Crippen LogP contribution in [0.5, 0.6) is 0 Å². The van der Waals surface area contributed by atoms with Gasteiger partial charge in [-0.2, -0.15) is 10.5 Å². The molecule has 4 nitrogen and oxygen atoms in total. The normalized spacial score (nSPS) is 9.36. The fourth-order valence-corrected chi connectivity index (χ4v) is 0.950. The van der Waals surface area contributed by atoms with Crippen molar-refractivity contribution >= 4 is 5.91 Å². The molecule has 0 bridgehead atoms. The zero-order valence-electron chi connectivity index (χ0n) is 8.23. The molecule has 1 amide bonds. The van der Waals surface area contributed by atoms with Crippen LogP contribution in [0.1, 0.15) is 19.8 Å². The molecule has 0 aromatic rings. The van der Waals surface area contributed by atoms with E-state index in [0.717, 1.165) is 0 Å². The smallest absolute Gasteiger partial charge is 0.246 e. The van der Waals surface area contributed by atoms with Gasteiger partial charge in [0.15, 0.2) is 0 Å². The maximum absolute atomic E-state index is 11.4. The van der Waals surface area contributed by atoms with Crippen LogP contribution in [0.3, 0.4) is 0 Å². The van der Waals surface area contributed by atoms with Gasteiger partial charge in [-0.05, 0) is 13.0 Å². The van der Waals surface area contributed by atoms with Gasteiger partial charge in [0.25, 0.3) is 0 Å². The van der Waals surface area contributed by atoms with E-state index in [-0.39, 0.29) is 5.91 Å². The van der Waals surface area contributed by atoms with E-state index >= 15 is 0 Å². The van der Waals surface area contributed by atoms with Gasteiger partial charge in [-0.25, -0.2) is 0 Å². The van der Waals surface area contributed by atoms with E-state index in [1.165, 1.54) is 11.0 Å². The molecule has 0 rings (SSSR count). The van der Waals surface area contributed by atoms with E-state index in [1.807, 2.05) is 12.1 Å². The van der Waals surface area contributed by atoms with Crippen LogP contribution in [0, 0.1) is 22.7 Å². The third kappa shape index (κ3) is 4.95. The molecule has 0 aromatic heterocycles. The molecule has 14 heavy (non-hydrogen) atoms. The van der Waals surface area contributed by atoms with Gasteiger partial charge in [-0.3, -0.25) is 4.79 Å². The molecule has 0 aromatic carbocycles. The van der Waals surface area contributed by atoms with E-state index in [4.69, 9.17) is 10.5 Å². The summed E-state index contributed by atoms with van der Waals surface area (Å²) >= 11 is 0. The van der Waals surface area contributed by atoms with Crippen LogP contribution in [-0.4, -0.2) is 23.9 Å².